The molecule has 0 saturated carbocycles. The number of benzene rings is 2. The van der Waals surface area contributed by atoms with E-state index in [1.54, 1.807) is 10.9 Å². The lowest BCUT2D eigenvalue weighted by Gasteiger charge is -2.18. The first kappa shape index (κ1) is 16.1. The van der Waals surface area contributed by atoms with Gasteiger partial charge < -0.3 is 0 Å². The number of amidine groups is 1. The number of hydrazine groups is 2. The van der Waals surface area contributed by atoms with Crippen LogP contribution in [0.2, 0.25) is 5.02 Å². The van der Waals surface area contributed by atoms with Crippen molar-refractivity contribution in [1.29, 1.82) is 0 Å². The molecule has 0 saturated heterocycles. The van der Waals surface area contributed by atoms with Crippen LogP contribution in [0.25, 0.3) is 5.69 Å². The monoisotopic (exact) mass is 416 g/mol. The molecule has 0 spiro atoms. The Bertz CT molecular complexity index is 904. The molecular formula is C17H14BrClN6. The van der Waals surface area contributed by atoms with E-state index < -0.39 is 0 Å². The smallest absolute Gasteiger partial charge is 0.176 e. The van der Waals surface area contributed by atoms with Gasteiger partial charge in [-0.25, -0.2) is 10.2 Å². The van der Waals surface area contributed by atoms with Gasteiger partial charge in [-0.3, -0.25) is 5.01 Å². The molecule has 1 aromatic heterocycles. The predicted molar refractivity (Wildman–Crippen MR) is 101 cm³/mol. The first-order valence-corrected chi connectivity index (χ1v) is 8.77. The number of aromatic nitrogens is 2. The van der Waals surface area contributed by atoms with Crippen molar-refractivity contribution in [3.63, 3.8) is 0 Å². The highest BCUT2D eigenvalue weighted by molar-refractivity contribution is 9.10. The third-order valence-corrected chi connectivity index (χ3v) is 4.57. The Hall–Kier alpha value is -2.35. The van der Waals surface area contributed by atoms with E-state index in [0.717, 1.165) is 27.1 Å². The number of nitrogens with zero attached hydrogens (tertiary/aromatic N) is 4. The van der Waals surface area contributed by atoms with Crippen molar-refractivity contribution in [3.05, 3.63) is 81.5 Å². The van der Waals surface area contributed by atoms with Crippen molar-refractivity contribution in [3.8, 4) is 5.69 Å². The van der Waals surface area contributed by atoms with Gasteiger partial charge in [-0.1, -0.05) is 39.7 Å². The average molecular weight is 418 g/mol. The molecule has 6 nitrogen and oxygen atoms in total. The van der Waals surface area contributed by atoms with Crippen LogP contribution in [-0.2, 0) is 6.54 Å². The van der Waals surface area contributed by atoms with E-state index in [4.69, 9.17) is 11.6 Å². The highest BCUT2D eigenvalue weighted by Crippen LogP contribution is 2.17. The molecular weight excluding hydrogens is 404 g/mol. The van der Waals surface area contributed by atoms with Crippen molar-refractivity contribution >= 4 is 33.4 Å². The van der Waals surface area contributed by atoms with E-state index in [9.17, 15) is 0 Å². The second-order valence-electron chi connectivity index (χ2n) is 5.52. The third kappa shape index (κ3) is 3.53. The highest BCUT2D eigenvalue weighted by Gasteiger charge is 2.20. The van der Waals surface area contributed by atoms with Crippen molar-refractivity contribution < 1.29 is 0 Å². The quantitative estimate of drug-likeness (QED) is 0.682. The van der Waals surface area contributed by atoms with Crippen LogP contribution in [0.1, 0.15) is 11.1 Å². The van der Waals surface area contributed by atoms with Crippen molar-refractivity contribution in [2.75, 3.05) is 0 Å². The molecule has 2 aromatic carbocycles. The van der Waals surface area contributed by atoms with Crippen LogP contribution in [0.4, 0.5) is 0 Å². The van der Waals surface area contributed by atoms with Gasteiger partial charge >= 0.3 is 0 Å². The molecule has 25 heavy (non-hydrogen) atoms. The fourth-order valence-electron chi connectivity index (χ4n) is 2.53. The van der Waals surface area contributed by atoms with Crippen LogP contribution in [0.15, 0.2) is 70.5 Å². The van der Waals surface area contributed by atoms with E-state index in [1.807, 2.05) is 47.6 Å². The van der Waals surface area contributed by atoms with Gasteiger partial charge in [0.2, 0.25) is 0 Å². The predicted octanol–water partition coefficient (Wildman–Crippen LogP) is 3.47. The minimum absolute atomic E-state index is 0.672. The molecule has 0 bridgehead atoms. The van der Waals surface area contributed by atoms with Crippen molar-refractivity contribution in [1.82, 2.24) is 25.9 Å². The summed E-state index contributed by atoms with van der Waals surface area (Å²) < 4.78 is 2.85. The molecule has 0 radical (unpaired) electrons. The maximum Gasteiger partial charge on any atom is 0.176 e. The topological polar surface area (TPSA) is 57.5 Å². The molecule has 0 atom stereocenters. The van der Waals surface area contributed by atoms with Gasteiger partial charge in [0.25, 0.3) is 0 Å². The van der Waals surface area contributed by atoms with E-state index in [-0.39, 0.29) is 0 Å². The standard InChI is InChI=1S/C17H14BrClN6/c18-14-3-1-12(2-4-14)10-25-17(21-22-23-25)13-9-20-24(11-13)16-7-5-15(19)6-8-16/h1-9,11,22-23H,10H2. The largest absolute Gasteiger partial charge is 0.266 e. The lowest BCUT2D eigenvalue weighted by Crippen LogP contribution is -2.40. The molecule has 0 unspecified atom stereocenters. The number of hydrogen-bond donors (Lipinski definition) is 2. The number of hydrogen-bond acceptors (Lipinski definition) is 5. The summed E-state index contributed by atoms with van der Waals surface area (Å²) in [6, 6.07) is 15.7. The molecule has 2 N–H and O–H groups in total. The minimum Gasteiger partial charge on any atom is -0.266 e. The molecule has 0 aliphatic carbocycles. The molecule has 1 aliphatic rings. The Labute approximate surface area is 158 Å². The van der Waals surface area contributed by atoms with Gasteiger partial charge in [0.15, 0.2) is 5.84 Å². The molecule has 126 valence electrons. The Morgan fingerprint density at radius 3 is 2.56 bits per heavy atom. The zero-order chi connectivity index (χ0) is 17.2. The van der Waals surface area contributed by atoms with Crippen molar-refractivity contribution in [2.24, 2.45) is 5.10 Å². The third-order valence-electron chi connectivity index (χ3n) is 3.79. The molecule has 2 heterocycles. The maximum atomic E-state index is 5.94. The summed E-state index contributed by atoms with van der Waals surface area (Å²) in [5, 5.41) is 11.4. The summed E-state index contributed by atoms with van der Waals surface area (Å²) in [6.45, 7) is 0.672. The lowest BCUT2D eigenvalue weighted by molar-refractivity contribution is 0.288. The zero-order valence-corrected chi connectivity index (χ0v) is 15.4. The Kier molecular flexibility index (Phi) is 4.44. The second kappa shape index (κ2) is 6.87. The van der Waals surface area contributed by atoms with Gasteiger partial charge in [-0.15, -0.1) is 10.6 Å². The van der Waals surface area contributed by atoms with Gasteiger partial charge in [-0.2, -0.15) is 5.10 Å². The number of hydrazone groups is 1. The van der Waals surface area contributed by atoms with Crippen LogP contribution in [0.3, 0.4) is 0 Å². The lowest BCUT2D eigenvalue weighted by atomic mass is 10.2. The Balaban J connectivity index is 1.54. The van der Waals surface area contributed by atoms with Crippen LogP contribution < -0.4 is 11.1 Å². The molecule has 4 rings (SSSR count). The fraction of sp³-hybridized carbons (Fsp3) is 0.0588. The first-order chi connectivity index (χ1) is 12.2. The summed E-state index contributed by atoms with van der Waals surface area (Å²) in [5.41, 5.74) is 8.86. The maximum absolute atomic E-state index is 5.94. The zero-order valence-electron chi connectivity index (χ0n) is 13.0. The van der Waals surface area contributed by atoms with Crippen LogP contribution >= 0.6 is 27.5 Å². The summed E-state index contributed by atoms with van der Waals surface area (Å²) in [4.78, 5) is 0. The molecule has 1 aliphatic heterocycles. The van der Waals surface area contributed by atoms with Gasteiger partial charge in [0.1, 0.15) is 0 Å². The average Bonchev–Trinajstić information content (AvgIpc) is 3.27. The summed E-state index contributed by atoms with van der Waals surface area (Å²) >= 11 is 9.39. The van der Waals surface area contributed by atoms with Gasteiger partial charge in [0, 0.05) is 15.7 Å². The molecule has 0 fully saturated rings. The normalized spacial score (nSPS) is 13.7. The van der Waals surface area contributed by atoms with E-state index in [1.165, 1.54) is 0 Å². The molecule has 0 amide bonds. The number of nitrogens with one attached hydrogen (secondary N) is 2. The Morgan fingerprint density at radius 2 is 1.80 bits per heavy atom. The summed E-state index contributed by atoms with van der Waals surface area (Å²) in [7, 11) is 0. The van der Waals surface area contributed by atoms with Crippen LogP contribution in [0, 0.1) is 0 Å². The second-order valence-corrected chi connectivity index (χ2v) is 6.87. The SMILES string of the molecule is Clc1ccc(-n2cc(C3=NNNN3Cc3ccc(Br)cc3)cn2)cc1. The van der Waals surface area contributed by atoms with Crippen molar-refractivity contribution in [2.45, 2.75) is 6.54 Å². The van der Waals surface area contributed by atoms with E-state index >= 15 is 0 Å². The fourth-order valence-corrected chi connectivity index (χ4v) is 2.92. The van der Waals surface area contributed by atoms with Crippen LogP contribution in [-0.4, -0.2) is 20.6 Å². The van der Waals surface area contributed by atoms with Gasteiger partial charge in [0.05, 0.1) is 24.0 Å². The van der Waals surface area contributed by atoms with E-state index in [2.05, 4.69) is 49.3 Å². The molecule has 3 aromatic rings. The molecule has 8 heteroatoms. The first-order valence-electron chi connectivity index (χ1n) is 7.60. The summed E-state index contributed by atoms with van der Waals surface area (Å²) in [5.74, 6) is 0.781. The number of halogens is 2. The van der Waals surface area contributed by atoms with Gasteiger partial charge in [-0.05, 0) is 42.0 Å². The highest BCUT2D eigenvalue weighted by atomic mass is 79.9. The van der Waals surface area contributed by atoms with E-state index in [0.29, 0.717) is 11.6 Å². The van der Waals surface area contributed by atoms with Crippen LogP contribution in [0.5, 0.6) is 0 Å². The minimum atomic E-state index is 0.672. The summed E-state index contributed by atoms with van der Waals surface area (Å²) in [6.07, 6.45) is 3.72. The Morgan fingerprint density at radius 1 is 1.04 bits per heavy atom. The number of rotatable bonds is 4.